The van der Waals surface area contributed by atoms with E-state index in [1.807, 2.05) is 6.07 Å². The van der Waals surface area contributed by atoms with Crippen LogP contribution in [0.5, 0.6) is 0 Å². The Morgan fingerprint density at radius 1 is 1.35 bits per heavy atom. The number of unbranched alkanes of at least 4 members (excludes halogenated alkanes) is 1. The molecule has 0 aromatic heterocycles. The quantitative estimate of drug-likeness (QED) is 0.671. The molecule has 0 heterocycles. The minimum absolute atomic E-state index is 0.210. The van der Waals surface area contributed by atoms with Crippen molar-refractivity contribution < 1.29 is 4.39 Å². The monoisotopic (exact) mass is 321 g/mol. The summed E-state index contributed by atoms with van der Waals surface area (Å²) in [6.45, 7) is 4.89. The van der Waals surface area contributed by atoms with Gasteiger partial charge in [0.05, 0.1) is 0 Å². The summed E-state index contributed by atoms with van der Waals surface area (Å²) in [7, 11) is 0. The van der Waals surface area contributed by atoms with Gasteiger partial charge in [0.15, 0.2) is 0 Å². The van der Waals surface area contributed by atoms with Gasteiger partial charge in [0.2, 0.25) is 0 Å². The van der Waals surface area contributed by atoms with Crippen molar-refractivity contribution in [2.24, 2.45) is 0 Å². The van der Waals surface area contributed by atoms with Crippen molar-refractivity contribution in [1.29, 1.82) is 0 Å². The van der Waals surface area contributed by atoms with Crippen molar-refractivity contribution in [3.05, 3.63) is 34.1 Å². The topological polar surface area (TPSA) is 3.24 Å². The lowest BCUT2D eigenvalue weighted by molar-refractivity contribution is 0.276. The molecule has 0 aliphatic rings. The molecule has 0 aliphatic heterocycles. The van der Waals surface area contributed by atoms with E-state index in [0.717, 1.165) is 36.1 Å². The van der Waals surface area contributed by atoms with Crippen LogP contribution in [-0.2, 0) is 6.54 Å². The molecule has 0 spiro atoms. The van der Waals surface area contributed by atoms with Crippen LogP contribution in [0.1, 0.15) is 25.3 Å². The molecule has 1 aromatic carbocycles. The summed E-state index contributed by atoms with van der Waals surface area (Å²) in [6.07, 6.45) is 2.33. The second kappa shape index (κ2) is 8.06. The molecule has 17 heavy (non-hydrogen) atoms. The molecule has 1 aromatic rings. The molecule has 0 saturated carbocycles. The average Bonchev–Trinajstić information content (AvgIpc) is 2.29. The van der Waals surface area contributed by atoms with Crippen LogP contribution < -0.4 is 0 Å². The fourth-order valence-electron chi connectivity index (χ4n) is 1.66. The van der Waals surface area contributed by atoms with E-state index < -0.39 is 0 Å². The van der Waals surface area contributed by atoms with Crippen LogP contribution in [0, 0.1) is 5.82 Å². The Morgan fingerprint density at radius 3 is 2.71 bits per heavy atom. The predicted octanol–water partition coefficient (Wildman–Crippen LogP) is 4.43. The van der Waals surface area contributed by atoms with Gasteiger partial charge in [-0.1, -0.05) is 35.3 Å². The molecule has 0 aliphatic carbocycles. The van der Waals surface area contributed by atoms with Gasteiger partial charge in [0.25, 0.3) is 0 Å². The standard InChI is InChI=1S/C13H18BrClFN/c1-2-3-7-17(8-6-15)10-11-4-5-12(16)9-13(11)14/h4-5,9H,2-3,6-8,10H2,1H3. The minimum Gasteiger partial charge on any atom is -0.298 e. The molecule has 0 saturated heterocycles. The Bertz CT molecular complexity index is 346. The fourth-order valence-corrected chi connectivity index (χ4v) is 2.38. The number of halogens is 3. The van der Waals surface area contributed by atoms with E-state index in [-0.39, 0.29) is 5.82 Å². The molecule has 0 atom stereocenters. The molecule has 4 heteroatoms. The summed E-state index contributed by atoms with van der Waals surface area (Å²) in [4.78, 5) is 2.30. The van der Waals surface area contributed by atoms with Crippen molar-refractivity contribution in [1.82, 2.24) is 4.90 Å². The first-order valence-electron chi connectivity index (χ1n) is 5.89. The van der Waals surface area contributed by atoms with Gasteiger partial charge >= 0.3 is 0 Å². The van der Waals surface area contributed by atoms with E-state index in [1.54, 1.807) is 0 Å². The molecular weight excluding hydrogens is 305 g/mol. The lowest BCUT2D eigenvalue weighted by Crippen LogP contribution is -2.26. The molecular formula is C13H18BrClFN. The highest BCUT2D eigenvalue weighted by Crippen LogP contribution is 2.20. The van der Waals surface area contributed by atoms with Gasteiger partial charge in [-0.3, -0.25) is 4.90 Å². The van der Waals surface area contributed by atoms with Gasteiger partial charge in [0.1, 0.15) is 5.82 Å². The molecule has 0 N–H and O–H groups in total. The van der Waals surface area contributed by atoms with Crippen molar-refractivity contribution in [3.8, 4) is 0 Å². The predicted molar refractivity (Wildman–Crippen MR) is 75.0 cm³/mol. The first kappa shape index (κ1) is 14.9. The van der Waals surface area contributed by atoms with E-state index in [0.29, 0.717) is 5.88 Å². The lowest BCUT2D eigenvalue weighted by atomic mass is 10.2. The minimum atomic E-state index is -0.210. The van der Waals surface area contributed by atoms with E-state index in [4.69, 9.17) is 11.6 Å². The van der Waals surface area contributed by atoms with Crippen molar-refractivity contribution >= 4 is 27.5 Å². The second-order valence-electron chi connectivity index (χ2n) is 4.05. The van der Waals surface area contributed by atoms with E-state index in [9.17, 15) is 4.39 Å². The summed E-state index contributed by atoms with van der Waals surface area (Å²) in [6, 6.07) is 4.83. The van der Waals surface area contributed by atoms with E-state index >= 15 is 0 Å². The molecule has 0 radical (unpaired) electrons. The maximum Gasteiger partial charge on any atom is 0.124 e. The van der Waals surface area contributed by atoms with Gasteiger partial charge in [-0.05, 0) is 30.7 Å². The van der Waals surface area contributed by atoms with Crippen LogP contribution in [0.4, 0.5) is 4.39 Å². The van der Waals surface area contributed by atoms with Gasteiger partial charge in [-0.15, -0.1) is 11.6 Å². The maximum atomic E-state index is 13.0. The first-order chi connectivity index (χ1) is 8.17. The third-order valence-electron chi connectivity index (χ3n) is 2.64. The number of hydrogen-bond donors (Lipinski definition) is 0. The Kier molecular flexibility index (Phi) is 7.09. The molecule has 0 bridgehead atoms. The average molecular weight is 323 g/mol. The van der Waals surface area contributed by atoms with Crippen molar-refractivity contribution in [3.63, 3.8) is 0 Å². The number of nitrogens with zero attached hydrogens (tertiary/aromatic N) is 1. The molecule has 0 amide bonds. The third-order valence-corrected chi connectivity index (χ3v) is 3.54. The van der Waals surface area contributed by atoms with Gasteiger partial charge in [0, 0.05) is 23.4 Å². The maximum absolute atomic E-state index is 13.0. The summed E-state index contributed by atoms with van der Waals surface area (Å²) < 4.78 is 13.8. The van der Waals surface area contributed by atoms with Gasteiger partial charge in [-0.2, -0.15) is 0 Å². The summed E-state index contributed by atoms with van der Waals surface area (Å²) in [5.41, 5.74) is 1.10. The number of hydrogen-bond acceptors (Lipinski definition) is 1. The normalized spacial score (nSPS) is 11.1. The smallest absolute Gasteiger partial charge is 0.124 e. The zero-order valence-electron chi connectivity index (χ0n) is 10.1. The Labute approximate surface area is 116 Å². The summed E-state index contributed by atoms with van der Waals surface area (Å²) in [5.74, 6) is 0.417. The molecule has 1 rings (SSSR count). The lowest BCUT2D eigenvalue weighted by Gasteiger charge is -2.21. The highest BCUT2D eigenvalue weighted by Gasteiger charge is 2.08. The largest absolute Gasteiger partial charge is 0.298 e. The molecule has 0 fully saturated rings. The van der Waals surface area contributed by atoms with Crippen LogP contribution in [-0.4, -0.2) is 23.9 Å². The Balaban J connectivity index is 2.64. The SMILES string of the molecule is CCCCN(CCCl)Cc1ccc(F)cc1Br. The number of alkyl halides is 1. The van der Waals surface area contributed by atoms with Crippen LogP contribution >= 0.6 is 27.5 Å². The fraction of sp³-hybridized carbons (Fsp3) is 0.538. The van der Waals surface area contributed by atoms with Crippen LogP contribution in [0.25, 0.3) is 0 Å². The van der Waals surface area contributed by atoms with E-state index in [1.165, 1.54) is 18.6 Å². The summed E-state index contributed by atoms with van der Waals surface area (Å²) >= 11 is 9.19. The van der Waals surface area contributed by atoms with E-state index in [2.05, 4.69) is 27.8 Å². The number of benzene rings is 1. The third kappa shape index (κ3) is 5.36. The Morgan fingerprint density at radius 2 is 2.12 bits per heavy atom. The zero-order chi connectivity index (χ0) is 12.7. The summed E-state index contributed by atoms with van der Waals surface area (Å²) in [5, 5.41) is 0. The van der Waals surface area contributed by atoms with Gasteiger partial charge < -0.3 is 0 Å². The highest BCUT2D eigenvalue weighted by molar-refractivity contribution is 9.10. The Hall–Kier alpha value is -0.120. The molecule has 0 unspecified atom stereocenters. The molecule has 1 nitrogen and oxygen atoms in total. The molecule has 96 valence electrons. The van der Waals surface area contributed by atoms with Crippen molar-refractivity contribution in [2.75, 3.05) is 19.0 Å². The second-order valence-corrected chi connectivity index (χ2v) is 5.29. The van der Waals surface area contributed by atoms with Crippen molar-refractivity contribution in [2.45, 2.75) is 26.3 Å². The van der Waals surface area contributed by atoms with Crippen LogP contribution in [0.15, 0.2) is 22.7 Å². The van der Waals surface area contributed by atoms with Crippen LogP contribution in [0.2, 0.25) is 0 Å². The van der Waals surface area contributed by atoms with Crippen LogP contribution in [0.3, 0.4) is 0 Å². The zero-order valence-corrected chi connectivity index (χ0v) is 12.4. The van der Waals surface area contributed by atoms with Gasteiger partial charge in [-0.25, -0.2) is 4.39 Å². The first-order valence-corrected chi connectivity index (χ1v) is 7.22. The number of rotatable bonds is 7. The highest BCUT2D eigenvalue weighted by atomic mass is 79.9.